The van der Waals surface area contributed by atoms with Gasteiger partial charge in [-0.25, -0.2) is 0 Å². The van der Waals surface area contributed by atoms with Crippen LogP contribution in [-0.4, -0.2) is 111 Å². The summed E-state index contributed by atoms with van der Waals surface area (Å²) >= 11 is 0. The van der Waals surface area contributed by atoms with Crippen molar-refractivity contribution in [2.24, 2.45) is 0 Å². The average Bonchev–Trinajstić information content (AvgIpc) is 3.38. The largest absolute Gasteiger partial charge is 0.466 e. The molecule has 0 radical (unpaired) electrons. The van der Waals surface area contributed by atoms with Gasteiger partial charge >= 0.3 is 11.9 Å². The van der Waals surface area contributed by atoms with Crippen molar-refractivity contribution in [1.29, 1.82) is 0 Å². The minimum atomic E-state index is -0.573. The number of amides is 2. The first kappa shape index (κ1) is 71.3. The van der Waals surface area contributed by atoms with Gasteiger partial charge in [-0.15, -0.1) is 0 Å². The molecule has 2 amide bonds. The number of nitrogens with zero attached hydrogens (tertiary/aromatic N) is 3. The summed E-state index contributed by atoms with van der Waals surface area (Å²) in [5.41, 5.74) is 0. The van der Waals surface area contributed by atoms with Gasteiger partial charge in [0.25, 0.3) is 0 Å². The van der Waals surface area contributed by atoms with Crippen molar-refractivity contribution in [3.8, 4) is 0 Å². The summed E-state index contributed by atoms with van der Waals surface area (Å²) in [6.45, 7) is 16.6. The maximum Gasteiger partial charge on any atom is 0.306 e. The lowest BCUT2D eigenvalue weighted by atomic mass is 10.0. The van der Waals surface area contributed by atoms with Crippen molar-refractivity contribution in [3.63, 3.8) is 0 Å². The van der Waals surface area contributed by atoms with Crippen LogP contribution in [0.4, 0.5) is 0 Å². The maximum atomic E-state index is 14.2. The van der Waals surface area contributed by atoms with Crippen molar-refractivity contribution >= 4 is 23.8 Å². The summed E-state index contributed by atoms with van der Waals surface area (Å²) in [6.07, 6.45) is 49.9. The number of hydrogen-bond donors (Lipinski definition) is 1. The highest BCUT2D eigenvalue weighted by atomic mass is 16.5. The monoisotopic (exact) mass is 1040 g/mol. The van der Waals surface area contributed by atoms with E-state index in [0.717, 1.165) is 116 Å². The Labute approximate surface area is 458 Å². The Balaban J connectivity index is 5.39. The van der Waals surface area contributed by atoms with Gasteiger partial charge < -0.3 is 29.5 Å². The highest BCUT2D eigenvalue weighted by Crippen LogP contribution is 2.20. The van der Waals surface area contributed by atoms with Crippen molar-refractivity contribution < 1.29 is 28.7 Å². The summed E-state index contributed by atoms with van der Waals surface area (Å²) < 4.78 is 11.8. The lowest BCUT2D eigenvalue weighted by Crippen LogP contribution is -2.50. The van der Waals surface area contributed by atoms with E-state index in [1.807, 2.05) is 19.0 Å². The van der Waals surface area contributed by atoms with Gasteiger partial charge in [0, 0.05) is 32.4 Å². The topological polar surface area (TPSA) is 108 Å². The number of nitrogens with one attached hydrogen (secondary N) is 1. The Hall–Kier alpha value is -2.72. The molecule has 1 N–H and O–H groups in total. The standard InChI is InChI=1S/C64H122N4O6/c1-8-13-18-21-24-25-26-27-28-29-30-31-32-35-40-50-62(70)73-58-43-36-39-48-60(64(72)65-52-44-56-67(54-16-11-4)55-17-12-5)68(57-45-53-66(6)7)61(69)49-41-42-51-63(71)74-59(46-37-33-22-19-14-9-2)47-38-34-23-20-15-10-3/h24-25,27-28,59-60H,8-23,26,29-58H2,1-7H3,(H,65,72)/b25-24-,28-27-. The molecule has 0 spiro atoms. The van der Waals surface area contributed by atoms with E-state index in [0.29, 0.717) is 58.2 Å². The first-order valence-corrected chi connectivity index (χ1v) is 31.7. The van der Waals surface area contributed by atoms with E-state index in [9.17, 15) is 19.2 Å². The van der Waals surface area contributed by atoms with Crippen molar-refractivity contribution in [2.45, 2.75) is 304 Å². The van der Waals surface area contributed by atoms with Crippen LogP contribution < -0.4 is 5.32 Å². The number of ether oxygens (including phenoxy) is 2. The third-order valence-electron chi connectivity index (χ3n) is 14.4. The molecule has 434 valence electrons. The Bertz CT molecular complexity index is 1310. The van der Waals surface area contributed by atoms with Crippen LogP contribution in [0.1, 0.15) is 291 Å². The van der Waals surface area contributed by atoms with E-state index in [1.54, 1.807) is 0 Å². The van der Waals surface area contributed by atoms with Crippen LogP contribution in [0, 0.1) is 0 Å². The van der Waals surface area contributed by atoms with E-state index in [1.165, 1.54) is 128 Å². The molecule has 0 aromatic carbocycles. The SMILES string of the molecule is CCCCC/C=C\C/C=C\CCCCCCCC(=O)OCCCCCC(C(=O)NCCCN(CCCC)CCCC)N(CCCN(C)C)C(=O)CCCCC(=O)OC(CCCCCCCC)CCCCCCCC. The first-order chi connectivity index (χ1) is 36.1. The molecule has 10 nitrogen and oxygen atoms in total. The van der Waals surface area contributed by atoms with Gasteiger partial charge in [0.15, 0.2) is 0 Å². The van der Waals surface area contributed by atoms with E-state index >= 15 is 0 Å². The molecule has 0 aliphatic carbocycles. The number of rotatable bonds is 56. The second-order valence-electron chi connectivity index (χ2n) is 21.9. The maximum absolute atomic E-state index is 14.2. The molecule has 0 aromatic heterocycles. The van der Waals surface area contributed by atoms with Crippen molar-refractivity contribution in [2.75, 3.05) is 60.0 Å². The van der Waals surface area contributed by atoms with E-state index in [4.69, 9.17) is 9.47 Å². The number of carbonyl (C=O) groups excluding carboxylic acids is 4. The fraction of sp³-hybridized carbons (Fsp3) is 0.875. The minimum absolute atomic E-state index is 0.0172. The minimum Gasteiger partial charge on any atom is -0.466 e. The van der Waals surface area contributed by atoms with Crippen LogP contribution in [0.5, 0.6) is 0 Å². The van der Waals surface area contributed by atoms with Gasteiger partial charge in [0.2, 0.25) is 11.8 Å². The average molecular weight is 1040 g/mol. The fourth-order valence-electron chi connectivity index (χ4n) is 9.63. The van der Waals surface area contributed by atoms with Gasteiger partial charge in [0.05, 0.1) is 6.61 Å². The fourth-order valence-corrected chi connectivity index (χ4v) is 9.63. The molecule has 0 aromatic rings. The molecule has 0 saturated heterocycles. The molecule has 74 heavy (non-hydrogen) atoms. The Morgan fingerprint density at radius 1 is 0.446 bits per heavy atom. The lowest BCUT2D eigenvalue weighted by molar-refractivity contribution is -0.150. The van der Waals surface area contributed by atoms with Gasteiger partial charge in [0.1, 0.15) is 12.1 Å². The molecule has 1 atom stereocenters. The number of unbranched alkanes of at least 4 members (excludes halogenated alkanes) is 23. The summed E-state index contributed by atoms with van der Waals surface area (Å²) in [7, 11) is 4.07. The molecule has 10 heteroatoms. The van der Waals surface area contributed by atoms with Crippen LogP contribution in [-0.2, 0) is 28.7 Å². The normalized spacial score (nSPS) is 12.2. The number of esters is 2. The smallest absolute Gasteiger partial charge is 0.306 e. The van der Waals surface area contributed by atoms with Gasteiger partial charge in [-0.3, -0.25) is 19.2 Å². The van der Waals surface area contributed by atoms with Crippen LogP contribution in [0.25, 0.3) is 0 Å². The third kappa shape index (κ3) is 46.6. The Kier molecular flexibility index (Phi) is 53.0. The predicted octanol–water partition coefficient (Wildman–Crippen LogP) is 16.4. The molecule has 0 aliphatic rings. The molecule has 1 unspecified atom stereocenters. The van der Waals surface area contributed by atoms with Crippen LogP contribution in [0.2, 0.25) is 0 Å². The molecule has 0 rings (SSSR count). The highest BCUT2D eigenvalue weighted by molar-refractivity contribution is 5.87. The zero-order valence-corrected chi connectivity index (χ0v) is 50.0. The summed E-state index contributed by atoms with van der Waals surface area (Å²) in [6, 6.07) is -0.573. The Morgan fingerprint density at radius 3 is 1.53 bits per heavy atom. The molecular formula is C64H122N4O6. The quantitative estimate of drug-likeness (QED) is 0.0365. The van der Waals surface area contributed by atoms with E-state index < -0.39 is 6.04 Å². The van der Waals surface area contributed by atoms with Gasteiger partial charge in [-0.2, -0.15) is 0 Å². The highest BCUT2D eigenvalue weighted by Gasteiger charge is 2.29. The van der Waals surface area contributed by atoms with Crippen molar-refractivity contribution in [1.82, 2.24) is 20.0 Å². The Morgan fingerprint density at radius 2 is 0.919 bits per heavy atom. The van der Waals surface area contributed by atoms with Crippen LogP contribution >= 0.6 is 0 Å². The molecule has 0 aliphatic heterocycles. The number of hydrogen-bond acceptors (Lipinski definition) is 8. The van der Waals surface area contributed by atoms with Gasteiger partial charge in [-0.1, -0.05) is 174 Å². The predicted molar refractivity (Wildman–Crippen MR) is 316 cm³/mol. The zero-order valence-electron chi connectivity index (χ0n) is 50.0. The first-order valence-electron chi connectivity index (χ1n) is 31.7. The number of carbonyl (C=O) groups is 4. The lowest BCUT2D eigenvalue weighted by Gasteiger charge is -2.32. The molecule has 0 fully saturated rings. The molecule has 0 heterocycles. The summed E-state index contributed by atoms with van der Waals surface area (Å²) in [5, 5.41) is 3.25. The molecule has 0 bridgehead atoms. The summed E-state index contributed by atoms with van der Waals surface area (Å²) in [4.78, 5) is 60.7. The van der Waals surface area contributed by atoms with Crippen LogP contribution in [0.3, 0.4) is 0 Å². The molecular weight excluding hydrogens is 921 g/mol. The zero-order chi connectivity index (χ0) is 54.4. The van der Waals surface area contributed by atoms with E-state index in [2.05, 4.69) is 74.0 Å². The van der Waals surface area contributed by atoms with Crippen LogP contribution in [0.15, 0.2) is 24.3 Å². The third-order valence-corrected chi connectivity index (χ3v) is 14.4. The van der Waals surface area contributed by atoms with Gasteiger partial charge in [-0.05, 0) is 162 Å². The molecule has 0 saturated carbocycles. The van der Waals surface area contributed by atoms with Crippen molar-refractivity contribution in [3.05, 3.63) is 24.3 Å². The summed E-state index contributed by atoms with van der Waals surface area (Å²) in [5.74, 6) is -0.363. The number of allylic oxidation sites excluding steroid dienone is 4. The second-order valence-corrected chi connectivity index (χ2v) is 21.9. The van der Waals surface area contributed by atoms with E-state index in [-0.39, 0.29) is 29.9 Å². The second kappa shape index (κ2) is 55.0.